The van der Waals surface area contributed by atoms with Crippen LogP contribution in [0, 0.1) is 0 Å². The van der Waals surface area contributed by atoms with Gasteiger partial charge in [0.25, 0.3) is 5.89 Å². The lowest BCUT2D eigenvalue weighted by Gasteiger charge is -2.26. The first-order chi connectivity index (χ1) is 20.7. The number of amides is 2. The molecule has 0 aliphatic carbocycles. The zero-order valence-electron chi connectivity index (χ0n) is 25.3. The van der Waals surface area contributed by atoms with Gasteiger partial charge in [-0.05, 0) is 51.8 Å². The van der Waals surface area contributed by atoms with E-state index in [2.05, 4.69) is 22.1 Å². The summed E-state index contributed by atoms with van der Waals surface area (Å²) >= 11 is 0. The molecule has 3 N–H and O–H groups in total. The van der Waals surface area contributed by atoms with Crippen molar-refractivity contribution in [3.63, 3.8) is 0 Å². The van der Waals surface area contributed by atoms with Gasteiger partial charge < -0.3 is 29.1 Å². The summed E-state index contributed by atoms with van der Waals surface area (Å²) < 4.78 is 57.8. The smallest absolute Gasteiger partial charge is 0.437 e. The highest BCUT2D eigenvalue weighted by atomic mass is 19.4. The van der Waals surface area contributed by atoms with Crippen LogP contribution in [0.2, 0.25) is 0 Å². The molecular weight excluding hydrogens is 587 g/mol. The van der Waals surface area contributed by atoms with E-state index in [-0.39, 0.29) is 42.6 Å². The van der Waals surface area contributed by atoms with Gasteiger partial charge in [-0.25, -0.2) is 9.59 Å². The van der Waals surface area contributed by atoms with Crippen LogP contribution in [0.1, 0.15) is 96.6 Å². The van der Waals surface area contributed by atoms with Gasteiger partial charge in [0, 0.05) is 12.1 Å². The second-order valence-electron chi connectivity index (χ2n) is 11.5. The maximum atomic E-state index is 14.0. The quantitative estimate of drug-likeness (QED) is 0.142. The van der Waals surface area contributed by atoms with E-state index < -0.39 is 47.6 Å². The number of aliphatic hydroxyl groups excluding tert-OH is 1. The fourth-order valence-corrected chi connectivity index (χ4v) is 4.67. The predicted molar refractivity (Wildman–Crippen MR) is 153 cm³/mol. The van der Waals surface area contributed by atoms with E-state index in [1.54, 1.807) is 20.8 Å². The van der Waals surface area contributed by atoms with E-state index in [4.69, 9.17) is 14.0 Å². The number of carboxylic acid groups (broad SMARTS) is 1. The van der Waals surface area contributed by atoms with Crippen molar-refractivity contribution in [3.8, 4) is 17.1 Å². The van der Waals surface area contributed by atoms with Crippen LogP contribution in [-0.2, 0) is 10.9 Å². The Morgan fingerprint density at radius 1 is 1.14 bits per heavy atom. The maximum Gasteiger partial charge on any atom is 0.437 e. The van der Waals surface area contributed by atoms with Gasteiger partial charge in [0.05, 0.1) is 18.3 Å². The summed E-state index contributed by atoms with van der Waals surface area (Å²) in [5.41, 5.74) is -1.92. The SMILES string of the molecule is CCCCCCCCCOc1ccc(-c2noc([C@@H]3[C@@H](O)CCN3/C(=N/C(=O)OC(C)(C)C)NC(=O)O)n2)cc1C(F)(F)F. The number of benzene rings is 1. The number of guanidine groups is 1. The van der Waals surface area contributed by atoms with Gasteiger partial charge in [-0.3, -0.25) is 5.32 Å². The van der Waals surface area contributed by atoms with Crippen LogP contribution >= 0.6 is 0 Å². The van der Waals surface area contributed by atoms with Crippen LogP contribution in [0.25, 0.3) is 11.4 Å². The van der Waals surface area contributed by atoms with E-state index in [1.807, 2.05) is 5.32 Å². The molecule has 1 saturated heterocycles. The Balaban J connectivity index is 1.80. The first kappa shape index (κ1) is 34.6. The number of carbonyl (C=O) groups excluding carboxylic acids is 1. The molecule has 2 aromatic rings. The highest BCUT2D eigenvalue weighted by Crippen LogP contribution is 2.39. The van der Waals surface area contributed by atoms with E-state index in [0.29, 0.717) is 6.42 Å². The van der Waals surface area contributed by atoms with Gasteiger partial charge in [-0.2, -0.15) is 18.2 Å². The number of unbranched alkanes of at least 4 members (excludes halogenated alkanes) is 6. The number of aromatic nitrogens is 2. The summed E-state index contributed by atoms with van der Waals surface area (Å²) in [5.74, 6) is -1.17. The Bertz CT molecular complexity index is 1290. The second kappa shape index (κ2) is 15.2. The van der Waals surface area contributed by atoms with Gasteiger partial charge >= 0.3 is 18.4 Å². The van der Waals surface area contributed by atoms with Crippen LogP contribution in [0.3, 0.4) is 0 Å². The number of alkyl halides is 3. The van der Waals surface area contributed by atoms with Gasteiger partial charge in [0.15, 0.2) is 0 Å². The van der Waals surface area contributed by atoms with Crippen LogP contribution in [0.4, 0.5) is 22.8 Å². The minimum atomic E-state index is -4.72. The Hall–Kier alpha value is -3.88. The number of nitrogens with zero attached hydrogens (tertiary/aromatic N) is 4. The average Bonchev–Trinajstić information content (AvgIpc) is 3.54. The lowest BCUT2D eigenvalue weighted by atomic mass is 10.1. The van der Waals surface area contributed by atoms with Crippen LogP contribution in [0.15, 0.2) is 27.7 Å². The highest BCUT2D eigenvalue weighted by Gasteiger charge is 2.41. The third kappa shape index (κ3) is 10.1. The molecule has 0 radical (unpaired) electrons. The van der Waals surface area contributed by atoms with E-state index in [9.17, 15) is 33.0 Å². The van der Waals surface area contributed by atoms with Crippen molar-refractivity contribution in [1.82, 2.24) is 20.4 Å². The minimum Gasteiger partial charge on any atom is -0.493 e. The molecule has 15 heteroatoms. The molecule has 2 atom stereocenters. The Morgan fingerprint density at radius 2 is 1.82 bits per heavy atom. The standard InChI is InChI=1S/C29H40F3N5O7/c1-5-6-7-8-9-10-11-16-42-21-13-12-18(17-19(21)29(30,31)32)23-33-24(44-36-23)22-20(38)14-15-37(22)25(34-26(39)40)35-27(41)43-28(2,3)4/h12-13,17,20,22,38H,5-11,14-16H2,1-4H3,(H,39,40)(H,34,35,41)/t20-,22-/m0/s1. The molecule has 12 nitrogen and oxygen atoms in total. The molecule has 2 amide bonds. The summed E-state index contributed by atoms with van der Waals surface area (Å²) in [4.78, 5) is 32.9. The minimum absolute atomic E-state index is 0.0130. The average molecular weight is 628 g/mol. The van der Waals surface area contributed by atoms with Crippen LogP contribution in [-0.4, -0.2) is 68.3 Å². The third-order valence-corrected chi connectivity index (χ3v) is 6.69. The zero-order valence-corrected chi connectivity index (χ0v) is 25.3. The van der Waals surface area contributed by atoms with Crippen LogP contribution < -0.4 is 10.1 Å². The fourth-order valence-electron chi connectivity index (χ4n) is 4.67. The lowest BCUT2D eigenvalue weighted by molar-refractivity contribution is -0.138. The number of hydrogen-bond acceptors (Lipinski definition) is 8. The maximum absolute atomic E-state index is 14.0. The number of likely N-dealkylation sites (tertiary alicyclic amines) is 1. The first-order valence-corrected chi connectivity index (χ1v) is 14.6. The number of halogens is 3. The van der Waals surface area contributed by atoms with Gasteiger partial charge in [0.2, 0.25) is 11.8 Å². The van der Waals surface area contributed by atoms with Crippen molar-refractivity contribution in [2.45, 2.75) is 103 Å². The first-order valence-electron chi connectivity index (χ1n) is 14.6. The molecule has 1 aromatic heterocycles. The molecule has 1 aromatic carbocycles. The molecule has 1 aliphatic rings. The molecule has 1 fully saturated rings. The van der Waals surface area contributed by atoms with Crippen molar-refractivity contribution in [3.05, 3.63) is 29.7 Å². The number of ether oxygens (including phenoxy) is 2. The summed E-state index contributed by atoms with van der Waals surface area (Å²) in [6.45, 7) is 7.13. The highest BCUT2D eigenvalue weighted by molar-refractivity contribution is 5.98. The largest absolute Gasteiger partial charge is 0.493 e. The van der Waals surface area contributed by atoms with Gasteiger partial charge in [0.1, 0.15) is 17.4 Å². The van der Waals surface area contributed by atoms with Gasteiger partial charge in [-0.15, -0.1) is 4.99 Å². The molecule has 2 heterocycles. The van der Waals surface area contributed by atoms with E-state index in [0.717, 1.165) is 38.2 Å². The molecule has 244 valence electrons. The van der Waals surface area contributed by atoms with Crippen molar-refractivity contribution >= 4 is 18.1 Å². The summed E-state index contributed by atoms with van der Waals surface area (Å²) in [7, 11) is 0. The van der Waals surface area contributed by atoms with E-state index in [1.165, 1.54) is 23.5 Å². The number of hydrogen-bond donors (Lipinski definition) is 3. The molecule has 0 bridgehead atoms. The molecule has 3 rings (SSSR count). The summed E-state index contributed by atoms with van der Waals surface area (Å²) in [6, 6.07) is 2.28. The second-order valence-corrected chi connectivity index (χ2v) is 11.5. The lowest BCUT2D eigenvalue weighted by Crippen LogP contribution is -2.45. The Morgan fingerprint density at radius 3 is 2.45 bits per heavy atom. The predicted octanol–water partition coefficient (Wildman–Crippen LogP) is 6.55. The molecule has 0 unspecified atom stereocenters. The van der Waals surface area contributed by atoms with Gasteiger partial charge in [-0.1, -0.05) is 50.6 Å². The number of aliphatic hydroxyl groups is 1. The van der Waals surface area contributed by atoms with Crippen molar-refractivity contribution < 1.29 is 47.0 Å². The molecular formula is C29H40F3N5O7. The topological polar surface area (TPSA) is 160 Å². The van der Waals surface area contributed by atoms with Crippen molar-refractivity contribution in [2.75, 3.05) is 13.2 Å². The zero-order chi connectivity index (χ0) is 32.5. The molecule has 1 aliphatic heterocycles. The molecule has 0 saturated carbocycles. The Kier molecular flexibility index (Phi) is 12.0. The third-order valence-electron chi connectivity index (χ3n) is 6.69. The Labute approximate surface area is 253 Å². The molecule has 44 heavy (non-hydrogen) atoms. The number of rotatable bonds is 11. The summed E-state index contributed by atoms with van der Waals surface area (Å²) in [6.07, 6.45) is -1.33. The van der Waals surface area contributed by atoms with Crippen molar-refractivity contribution in [1.29, 1.82) is 0 Å². The summed E-state index contributed by atoms with van der Waals surface area (Å²) in [5, 5.41) is 25.8. The van der Waals surface area contributed by atoms with E-state index >= 15 is 0 Å². The normalized spacial score (nSPS) is 17.5. The fraction of sp³-hybridized carbons (Fsp3) is 0.621. The number of nitrogens with one attached hydrogen (secondary N) is 1. The van der Waals surface area contributed by atoms with Crippen LogP contribution in [0.5, 0.6) is 5.75 Å². The monoisotopic (exact) mass is 627 g/mol. The van der Waals surface area contributed by atoms with Crippen molar-refractivity contribution in [2.24, 2.45) is 4.99 Å². The number of aliphatic imine (C=N–C) groups is 1. The number of carbonyl (C=O) groups is 2. The molecule has 0 spiro atoms.